The minimum atomic E-state index is 0.756. The highest BCUT2D eigenvalue weighted by atomic mass is 16.5. The van der Waals surface area contributed by atoms with Crippen LogP contribution in [0.2, 0.25) is 0 Å². The Labute approximate surface area is 79.5 Å². The van der Waals surface area contributed by atoms with Gasteiger partial charge in [0.1, 0.15) is 11.5 Å². The van der Waals surface area contributed by atoms with Gasteiger partial charge in [-0.1, -0.05) is 13.0 Å². The lowest BCUT2D eigenvalue weighted by Gasteiger charge is -2.08. The highest BCUT2D eigenvalue weighted by molar-refractivity contribution is 5.39. The molecule has 0 aliphatic rings. The molecule has 0 amide bonds. The Kier molecular flexibility index (Phi) is 3.62. The van der Waals surface area contributed by atoms with Crippen LogP contribution < -0.4 is 9.47 Å². The van der Waals surface area contributed by atoms with E-state index in [1.54, 1.807) is 7.11 Å². The second-order valence-electron chi connectivity index (χ2n) is 2.98. The summed E-state index contributed by atoms with van der Waals surface area (Å²) in [5.41, 5.74) is 1.13. The third kappa shape index (κ3) is 2.65. The van der Waals surface area contributed by atoms with Crippen molar-refractivity contribution in [2.75, 3.05) is 13.7 Å². The first-order valence-corrected chi connectivity index (χ1v) is 4.55. The standard InChI is InChI=1S/C11H16O2/c1-4-7-13-10-6-5-9(2)11(8-10)12-3/h5-6,8H,4,7H2,1-3H3. The molecule has 72 valence electrons. The number of benzene rings is 1. The molecule has 0 radical (unpaired) electrons. The first-order chi connectivity index (χ1) is 6.27. The van der Waals surface area contributed by atoms with Gasteiger partial charge in [0.15, 0.2) is 0 Å². The van der Waals surface area contributed by atoms with Gasteiger partial charge in [-0.2, -0.15) is 0 Å². The van der Waals surface area contributed by atoms with Crippen molar-refractivity contribution >= 4 is 0 Å². The maximum absolute atomic E-state index is 5.47. The maximum atomic E-state index is 5.47. The molecule has 0 N–H and O–H groups in total. The Morgan fingerprint density at radius 1 is 1.31 bits per heavy atom. The van der Waals surface area contributed by atoms with Crippen molar-refractivity contribution in [1.82, 2.24) is 0 Å². The molecule has 2 nitrogen and oxygen atoms in total. The van der Waals surface area contributed by atoms with Crippen LogP contribution in [0.5, 0.6) is 11.5 Å². The number of methoxy groups -OCH3 is 1. The Hall–Kier alpha value is -1.18. The second kappa shape index (κ2) is 4.75. The van der Waals surface area contributed by atoms with Crippen LogP contribution in [0.1, 0.15) is 18.9 Å². The summed E-state index contributed by atoms with van der Waals surface area (Å²) in [6.45, 7) is 4.86. The lowest BCUT2D eigenvalue weighted by molar-refractivity contribution is 0.314. The first kappa shape index (κ1) is 9.90. The van der Waals surface area contributed by atoms with E-state index in [1.807, 2.05) is 25.1 Å². The van der Waals surface area contributed by atoms with E-state index in [-0.39, 0.29) is 0 Å². The minimum Gasteiger partial charge on any atom is -0.496 e. The molecule has 0 aliphatic heterocycles. The molecule has 0 aliphatic carbocycles. The van der Waals surface area contributed by atoms with Gasteiger partial charge in [-0.25, -0.2) is 0 Å². The van der Waals surface area contributed by atoms with E-state index in [2.05, 4.69) is 6.92 Å². The zero-order valence-corrected chi connectivity index (χ0v) is 8.46. The molecular weight excluding hydrogens is 164 g/mol. The molecule has 0 spiro atoms. The van der Waals surface area contributed by atoms with Gasteiger partial charge in [0, 0.05) is 6.07 Å². The average Bonchev–Trinajstić information content (AvgIpc) is 2.16. The molecule has 0 fully saturated rings. The van der Waals surface area contributed by atoms with Gasteiger partial charge < -0.3 is 9.47 Å². The quantitative estimate of drug-likeness (QED) is 0.709. The van der Waals surface area contributed by atoms with E-state index < -0.39 is 0 Å². The molecule has 0 aromatic heterocycles. The van der Waals surface area contributed by atoms with Crippen molar-refractivity contribution < 1.29 is 9.47 Å². The normalized spacial score (nSPS) is 9.77. The van der Waals surface area contributed by atoms with E-state index in [1.165, 1.54) is 0 Å². The number of hydrogen-bond donors (Lipinski definition) is 0. The summed E-state index contributed by atoms with van der Waals surface area (Å²) < 4.78 is 10.7. The van der Waals surface area contributed by atoms with E-state index >= 15 is 0 Å². The number of rotatable bonds is 4. The molecule has 0 heterocycles. The fourth-order valence-corrected chi connectivity index (χ4v) is 1.11. The van der Waals surface area contributed by atoms with Crippen LogP contribution >= 0.6 is 0 Å². The Morgan fingerprint density at radius 3 is 2.69 bits per heavy atom. The van der Waals surface area contributed by atoms with Crippen LogP contribution in [-0.4, -0.2) is 13.7 Å². The first-order valence-electron chi connectivity index (χ1n) is 4.55. The van der Waals surface area contributed by atoms with Crippen LogP contribution in [0.25, 0.3) is 0 Å². The minimum absolute atomic E-state index is 0.756. The molecule has 0 saturated heterocycles. The highest BCUT2D eigenvalue weighted by Gasteiger charge is 1.99. The molecular formula is C11H16O2. The number of aryl methyl sites for hydroxylation is 1. The Balaban J connectivity index is 2.74. The number of ether oxygens (including phenoxy) is 2. The second-order valence-corrected chi connectivity index (χ2v) is 2.98. The summed E-state index contributed by atoms with van der Waals surface area (Å²) >= 11 is 0. The van der Waals surface area contributed by atoms with E-state index in [4.69, 9.17) is 9.47 Å². The van der Waals surface area contributed by atoms with Gasteiger partial charge in [0.2, 0.25) is 0 Å². The van der Waals surface area contributed by atoms with E-state index in [0.717, 1.165) is 30.1 Å². The molecule has 1 aromatic carbocycles. The average molecular weight is 180 g/mol. The van der Waals surface area contributed by atoms with Crippen molar-refractivity contribution in [3.8, 4) is 11.5 Å². The van der Waals surface area contributed by atoms with E-state index in [9.17, 15) is 0 Å². The molecule has 2 heteroatoms. The van der Waals surface area contributed by atoms with Crippen molar-refractivity contribution in [3.05, 3.63) is 23.8 Å². The van der Waals surface area contributed by atoms with Gasteiger partial charge in [0.05, 0.1) is 13.7 Å². The monoisotopic (exact) mass is 180 g/mol. The Morgan fingerprint density at radius 2 is 2.08 bits per heavy atom. The van der Waals surface area contributed by atoms with Crippen LogP contribution in [-0.2, 0) is 0 Å². The summed E-state index contributed by atoms with van der Waals surface area (Å²) in [5, 5.41) is 0. The van der Waals surface area contributed by atoms with Crippen LogP contribution in [0, 0.1) is 6.92 Å². The molecule has 0 saturated carbocycles. The summed E-state index contributed by atoms with van der Waals surface area (Å²) in [6, 6.07) is 5.89. The lowest BCUT2D eigenvalue weighted by atomic mass is 10.2. The largest absolute Gasteiger partial charge is 0.496 e. The highest BCUT2D eigenvalue weighted by Crippen LogP contribution is 2.23. The molecule has 13 heavy (non-hydrogen) atoms. The SMILES string of the molecule is CCCOc1ccc(C)c(OC)c1. The van der Waals surface area contributed by atoms with Crippen molar-refractivity contribution in [2.45, 2.75) is 20.3 Å². The molecule has 0 bridgehead atoms. The lowest BCUT2D eigenvalue weighted by Crippen LogP contribution is -1.96. The van der Waals surface area contributed by atoms with Crippen LogP contribution in [0.3, 0.4) is 0 Å². The summed E-state index contributed by atoms with van der Waals surface area (Å²) in [5.74, 6) is 1.76. The van der Waals surface area contributed by atoms with Crippen molar-refractivity contribution in [1.29, 1.82) is 0 Å². The molecule has 1 rings (SSSR count). The Bertz CT molecular complexity index is 269. The third-order valence-electron chi connectivity index (χ3n) is 1.85. The topological polar surface area (TPSA) is 18.5 Å². The predicted octanol–water partition coefficient (Wildman–Crippen LogP) is 2.79. The zero-order chi connectivity index (χ0) is 9.68. The van der Waals surface area contributed by atoms with Gasteiger partial charge in [-0.15, -0.1) is 0 Å². The third-order valence-corrected chi connectivity index (χ3v) is 1.85. The maximum Gasteiger partial charge on any atom is 0.125 e. The predicted molar refractivity (Wildman–Crippen MR) is 53.5 cm³/mol. The summed E-state index contributed by atoms with van der Waals surface area (Å²) in [6.07, 6.45) is 1.02. The molecule has 0 atom stereocenters. The fraction of sp³-hybridized carbons (Fsp3) is 0.455. The molecule has 1 aromatic rings. The summed E-state index contributed by atoms with van der Waals surface area (Å²) in [7, 11) is 1.67. The molecule has 0 unspecified atom stereocenters. The fourth-order valence-electron chi connectivity index (χ4n) is 1.11. The van der Waals surface area contributed by atoms with Gasteiger partial charge in [-0.05, 0) is 25.0 Å². The number of hydrogen-bond acceptors (Lipinski definition) is 2. The van der Waals surface area contributed by atoms with Crippen molar-refractivity contribution in [3.63, 3.8) is 0 Å². The van der Waals surface area contributed by atoms with Crippen LogP contribution in [0.4, 0.5) is 0 Å². The smallest absolute Gasteiger partial charge is 0.125 e. The van der Waals surface area contributed by atoms with E-state index in [0.29, 0.717) is 0 Å². The van der Waals surface area contributed by atoms with Gasteiger partial charge in [-0.3, -0.25) is 0 Å². The van der Waals surface area contributed by atoms with Crippen LogP contribution in [0.15, 0.2) is 18.2 Å². The van der Waals surface area contributed by atoms with Gasteiger partial charge >= 0.3 is 0 Å². The van der Waals surface area contributed by atoms with Gasteiger partial charge in [0.25, 0.3) is 0 Å². The summed E-state index contributed by atoms with van der Waals surface area (Å²) in [4.78, 5) is 0. The van der Waals surface area contributed by atoms with Crippen molar-refractivity contribution in [2.24, 2.45) is 0 Å². The zero-order valence-electron chi connectivity index (χ0n) is 8.46.